The lowest BCUT2D eigenvalue weighted by Gasteiger charge is -2.10. The van der Waals surface area contributed by atoms with Crippen molar-refractivity contribution in [2.24, 2.45) is 0 Å². The lowest BCUT2D eigenvalue weighted by Crippen LogP contribution is -2.17. The molecule has 0 N–H and O–H groups in total. The molecule has 0 amide bonds. The summed E-state index contributed by atoms with van der Waals surface area (Å²) in [5, 5.41) is 0. The Morgan fingerprint density at radius 3 is 2.65 bits per heavy atom. The molecule has 0 saturated heterocycles. The minimum absolute atomic E-state index is 0.120. The maximum Gasteiger partial charge on any atom is 0.379 e. The van der Waals surface area contributed by atoms with Crippen molar-refractivity contribution in [3.63, 3.8) is 0 Å². The fourth-order valence-electron chi connectivity index (χ4n) is 1.38. The minimum atomic E-state index is -0.824. The lowest BCUT2D eigenvalue weighted by atomic mass is 10.0. The molecule has 0 bridgehead atoms. The molecule has 0 aliphatic heterocycles. The van der Waals surface area contributed by atoms with E-state index in [1.54, 1.807) is 32.2 Å². The van der Waals surface area contributed by atoms with Gasteiger partial charge in [-0.1, -0.05) is 18.2 Å². The maximum absolute atomic E-state index is 11.7. The van der Waals surface area contributed by atoms with Crippen LogP contribution in [-0.4, -0.2) is 25.5 Å². The van der Waals surface area contributed by atoms with Crippen LogP contribution in [0.3, 0.4) is 0 Å². The minimum Gasteiger partial charge on any atom is -0.460 e. The first-order valence-corrected chi connectivity index (χ1v) is 5.44. The average molecular weight is 236 g/mol. The van der Waals surface area contributed by atoms with E-state index in [4.69, 9.17) is 4.74 Å². The Kier molecular flexibility index (Phi) is 4.84. The van der Waals surface area contributed by atoms with Crippen LogP contribution in [0.1, 0.15) is 35.9 Å². The van der Waals surface area contributed by atoms with E-state index in [1.807, 2.05) is 13.0 Å². The van der Waals surface area contributed by atoms with Gasteiger partial charge >= 0.3 is 5.97 Å². The number of ketones is 1. The summed E-state index contributed by atoms with van der Waals surface area (Å²) in [5.74, 6) is -1.45. The molecule has 1 atom stereocenters. The smallest absolute Gasteiger partial charge is 0.379 e. The van der Waals surface area contributed by atoms with Crippen molar-refractivity contribution in [3.8, 4) is 0 Å². The molecule has 1 aromatic rings. The maximum atomic E-state index is 11.7. The van der Waals surface area contributed by atoms with Crippen LogP contribution in [0, 0.1) is 0 Å². The molecule has 1 aromatic carbocycles. The largest absolute Gasteiger partial charge is 0.460 e. The number of hydrogen-bond donors (Lipinski definition) is 0. The number of Topliss-reactive ketones (excluding diaryl/α,β-unsaturated/α-hetero) is 1. The second kappa shape index (κ2) is 6.15. The first kappa shape index (κ1) is 13.4. The number of esters is 1. The molecule has 4 nitrogen and oxygen atoms in total. The van der Waals surface area contributed by atoms with Crippen molar-refractivity contribution in [2.75, 3.05) is 13.7 Å². The molecule has 92 valence electrons. The second-order valence-corrected chi connectivity index (χ2v) is 3.55. The highest BCUT2D eigenvalue weighted by atomic mass is 16.5. The number of methoxy groups -OCH3 is 1. The molecular weight excluding hydrogens is 220 g/mol. The Morgan fingerprint density at radius 1 is 1.35 bits per heavy atom. The zero-order chi connectivity index (χ0) is 12.8. The zero-order valence-electron chi connectivity index (χ0n) is 10.2. The van der Waals surface area contributed by atoms with Crippen molar-refractivity contribution in [3.05, 3.63) is 35.4 Å². The van der Waals surface area contributed by atoms with Crippen LogP contribution >= 0.6 is 0 Å². The van der Waals surface area contributed by atoms with E-state index in [2.05, 4.69) is 4.74 Å². The summed E-state index contributed by atoms with van der Waals surface area (Å²) in [7, 11) is 1.59. The fourth-order valence-corrected chi connectivity index (χ4v) is 1.38. The van der Waals surface area contributed by atoms with Gasteiger partial charge in [0.2, 0.25) is 0 Å². The number of ether oxygens (including phenoxy) is 2. The van der Waals surface area contributed by atoms with Crippen molar-refractivity contribution in [1.82, 2.24) is 0 Å². The van der Waals surface area contributed by atoms with Gasteiger partial charge in [0.25, 0.3) is 5.78 Å². The number of carbonyl (C=O) groups is 2. The summed E-state index contributed by atoms with van der Waals surface area (Å²) in [6.45, 7) is 3.72. The molecule has 17 heavy (non-hydrogen) atoms. The Balaban J connectivity index is 2.91. The Morgan fingerprint density at radius 2 is 2.06 bits per heavy atom. The van der Waals surface area contributed by atoms with E-state index in [1.165, 1.54) is 0 Å². The van der Waals surface area contributed by atoms with E-state index in [-0.39, 0.29) is 12.7 Å². The molecule has 1 rings (SSSR count). The molecule has 0 radical (unpaired) electrons. The van der Waals surface area contributed by atoms with Crippen molar-refractivity contribution < 1.29 is 19.1 Å². The van der Waals surface area contributed by atoms with E-state index >= 15 is 0 Å². The standard InChI is InChI=1S/C13H16O4/c1-4-17-13(15)12(14)11-7-5-6-10(8-11)9(2)16-3/h5-9H,4H2,1-3H3. The first-order chi connectivity index (χ1) is 8.10. The van der Waals surface area contributed by atoms with Gasteiger partial charge < -0.3 is 9.47 Å². The van der Waals surface area contributed by atoms with E-state index in [0.29, 0.717) is 5.56 Å². The van der Waals surface area contributed by atoms with E-state index < -0.39 is 11.8 Å². The quantitative estimate of drug-likeness (QED) is 0.446. The molecule has 1 unspecified atom stereocenters. The summed E-state index contributed by atoms with van der Waals surface area (Å²) < 4.78 is 9.82. The number of carbonyl (C=O) groups excluding carboxylic acids is 2. The van der Waals surface area contributed by atoms with Crippen LogP contribution in [0.4, 0.5) is 0 Å². The number of benzene rings is 1. The van der Waals surface area contributed by atoms with Crippen LogP contribution in [0.2, 0.25) is 0 Å². The first-order valence-electron chi connectivity index (χ1n) is 5.44. The predicted molar refractivity (Wildman–Crippen MR) is 62.8 cm³/mol. The predicted octanol–water partition coefficient (Wildman–Crippen LogP) is 2.14. The highest BCUT2D eigenvalue weighted by molar-refractivity contribution is 6.40. The van der Waals surface area contributed by atoms with Crippen LogP contribution in [0.5, 0.6) is 0 Å². The fraction of sp³-hybridized carbons (Fsp3) is 0.385. The third-order valence-corrected chi connectivity index (χ3v) is 2.43. The van der Waals surface area contributed by atoms with Gasteiger partial charge in [0.05, 0.1) is 12.7 Å². The zero-order valence-corrected chi connectivity index (χ0v) is 10.2. The van der Waals surface area contributed by atoms with Crippen LogP contribution in [0.25, 0.3) is 0 Å². The molecule has 0 fully saturated rings. The molecule has 0 saturated carbocycles. The monoisotopic (exact) mass is 236 g/mol. The highest BCUT2D eigenvalue weighted by Crippen LogP contribution is 2.17. The van der Waals surface area contributed by atoms with Gasteiger partial charge in [0.1, 0.15) is 0 Å². The SMILES string of the molecule is CCOC(=O)C(=O)c1cccc(C(C)OC)c1. The summed E-state index contributed by atoms with van der Waals surface area (Å²) in [5.41, 5.74) is 1.17. The van der Waals surface area contributed by atoms with Crippen molar-refractivity contribution in [1.29, 1.82) is 0 Å². The number of hydrogen-bond acceptors (Lipinski definition) is 4. The summed E-state index contributed by atoms with van der Waals surface area (Å²) >= 11 is 0. The van der Waals surface area contributed by atoms with Gasteiger partial charge in [-0.2, -0.15) is 0 Å². The van der Waals surface area contributed by atoms with Gasteiger partial charge in [-0.05, 0) is 25.5 Å². The molecule has 0 aliphatic carbocycles. The Bertz CT molecular complexity index is 412. The van der Waals surface area contributed by atoms with Crippen LogP contribution in [-0.2, 0) is 14.3 Å². The normalized spacial score (nSPS) is 11.9. The van der Waals surface area contributed by atoms with Crippen LogP contribution < -0.4 is 0 Å². The van der Waals surface area contributed by atoms with Crippen LogP contribution in [0.15, 0.2) is 24.3 Å². The van der Waals surface area contributed by atoms with Gasteiger partial charge in [0, 0.05) is 12.7 Å². The summed E-state index contributed by atoms with van der Waals surface area (Å²) in [6, 6.07) is 6.80. The summed E-state index contributed by atoms with van der Waals surface area (Å²) in [6.07, 6.45) is -0.120. The van der Waals surface area contributed by atoms with E-state index in [0.717, 1.165) is 5.56 Å². The van der Waals surface area contributed by atoms with E-state index in [9.17, 15) is 9.59 Å². The highest BCUT2D eigenvalue weighted by Gasteiger charge is 2.18. The number of rotatable bonds is 5. The lowest BCUT2D eigenvalue weighted by molar-refractivity contribution is -0.137. The topological polar surface area (TPSA) is 52.6 Å². The Hall–Kier alpha value is -1.68. The van der Waals surface area contributed by atoms with Gasteiger partial charge in [-0.25, -0.2) is 4.79 Å². The molecule has 4 heteroatoms. The molecule has 0 aliphatic rings. The molecular formula is C13H16O4. The van der Waals surface area contributed by atoms with Crippen molar-refractivity contribution >= 4 is 11.8 Å². The molecule has 0 heterocycles. The average Bonchev–Trinajstić information content (AvgIpc) is 2.37. The van der Waals surface area contributed by atoms with Crippen molar-refractivity contribution in [2.45, 2.75) is 20.0 Å². The van der Waals surface area contributed by atoms with Gasteiger partial charge in [-0.15, -0.1) is 0 Å². The third kappa shape index (κ3) is 3.39. The molecule has 0 aromatic heterocycles. The van der Waals surface area contributed by atoms with Gasteiger partial charge in [0.15, 0.2) is 0 Å². The third-order valence-electron chi connectivity index (χ3n) is 2.43. The second-order valence-electron chi connectivity index (χ2n) is 3.55. The summed E-state index contributed by atoms with van der Waals surface area (Å²) in [4.78, 5) is 23.0. The Labute approximate surface area is 101 Å². The van der Waals surface area contributed by atoms with Gasteiger partial charge in [-0.3, -0.25) is 4.79 Å². The molecule has 0 spiro atoms.